The van der Waals surface area contributed by atoms with Crippen molar-refractivity contribution < 1.29 is 4.79 Å². The number of aromatic nitrogens is 2. The number of likely N-dealkylation sites (N-methyl/N-ethyl adjacent to an activating group) is 1. The minimum atomic E-state index is 0.190. The first-order valence-corrected chi connectivity index (χ1v) is 8.43. The fraction of sp³-hybridized carbons (Fsp3) is 0.500. The van der Waals surface area contributed by atoms with Gasteiger partial charge >= 0.3 is 0 Å². The zero-order chi connectivity index (χ0) is 15.9. The van der Waals surface area contributed by atoms with Gasteiger partial charge in [0, 0.05) is 25.2 Å². The summed E-state index contributed by atoms with van der Waals surface area (Å²) in [6, 6.07) is 2.08. The lowest BCUT2D eigenvalue weighted by atomic mass is 10.1. The van der Waals surface area contributed by atoms with E-state index in [9.17, 15) is 4.79 Å². The van der Waals surface area contributed by atoms with Crippen molar-refractivity contribution in [3.8, 4) is 0 Å². The van der Waals surface area contributed by atoms with Crippen molar-refractivity contribution >= 4 is 17.2 Å². The summed E-state index contributed by atoms with van der Waals surface area (Å²) in [5.74, 6) is 0.190. The predicted octanol–water partition coefficient (Wildman–Crippen LogP) is 2.30. The fourth-order valence-electron chi connectivity index (χ4n) is 2.18. The van der Waals surface area contributed by atoms with Crippen LogP contribution in [0.5, 0.6) is 0 Å². The first kappa shape index (κ1) is 16.7. The molecule has 1 N–H and O–H groups in total. The third kappa shape index (κ3) is 4.96. The Morgan fingerprint density at radius 1 is 1.36 bits per heavy atom. The Labute approximate surface area is 136 Å². The molecule has 2 aromatic heterocycles. The van der Waals surface area contributed by atoms with Gasteiger partial charge in [0.1, 0.15) is 0 Å². The molecule has 0 atom stereocenters. The number of carbonyl (C=O) groups is 1. The van der Waals surface area contributed by atoms with Crippen molar-refractivity contribution in [1.82, 2.24) is 19.8 Å². The molecule has 0 aliphatic rings. The van der Waals surface area contributed by atoms with Crippen LogP contribution in [0.25, 0.3) is 0 Å². The molecule has 1 amide bonds. The number of imidazole rings is 1. The summed E-state index contributed by atoms with van der Waals surface area (Å²) in [6.45, 7) is 4.14. The second-order valence-corrected chi connectivity index (χ2v) is 6.50. The van der Waals surface area contributed by atoms with E-state index in [0.29, 0.717) is 13.0 Å². The second kappa shape index (κ2) is 8.10. The van der Waals surface area contributed by atoms with Gasteiger partial charge in [-0.1, -0.05) is 0 Å². The first-order valence-electron chi connectivity index (χ1n) is 7.48. The highest BCUT2D eigenvalue weighted by Crippen LogP contribution is 2.12. The van der Waals surface area contributed by atoms with E-state index >= 15 is 0 Å². The monoisotopic (exact) mass is 320 g/mol. The maximum atomic E-state index is 12.6. The molecular formula is C16H24N4OS. The topological polar surface area (TPSA) is 52.2 Å². The number of thiophene rings is 1. The largest absolute Gasteiger partial charge is 0.348 e. The Bertz CT molecular complexity index is 577. The van der Waals surface area contributed by atoms with Gasteiger partial charge in [-0.25, -0.2) is 4.98 Å². The molecule has 2 aromatic rings. The Hall–Kier alpha value is -1.66. The standard InChI is InChI=1S/C16H24N4OS/c1-13-15(18-12-17-13)10-20(8-7-19(2)3)16(21)5-4-14-6-9-22-11-14/h6,9,11-12H,4-5,7-8,10H2,1-3H3,(H,17,18). The van der Waals surface area contributed by atoms with Crippen LogP contribution in [0.15, 0.2) is 23.2 Å². The molecule has 2 rings (SSSR count). The highest BCUT2D eigenvalue weighted by molar-refractivity contribution is 7.07. The smallest absolute Gasteiger partial charge is 0.223 e. The second-order valence-electron chi connectivity index (χ2n) is 5.72. The lowest BCUT2D eigenvalue weighted by Gasteiger charge is -2.24. The minimum absolute atomic E-state index is 0.190. The average Bonchev–Trinajstić information content (AvgIpc) is 3.12. The molecule has 6 heteroatoms. The van der Waals surface area contributed by atoms with Gasteiger partial charge in [0.2, 0.25) is 5.91 Å². The van der Waals surface area contributed by atoms with Crippen molar-refractivity contribution in [2.24, 2.45) is 0 Å². The van der Waals surface area contributed by atoms with E-state index in [4.69, 9.17) is 0 Å². The highest BCUT2D eigenvalue weighted by Gasteiger charge is 2.16. The maximum absolute atomic E-state index is 12.6. The van der Waals surface area contributed by atoms with Gasteiger partial charge in [0.25, 0.3) is 0 Å². The van der Waals surface area contributed by atoms with Crippen molar-refractivity contribution in [3.05, 3.63) is 40.1 Å². The number of hydrogen-bond donors (Lipinski definition) is 1. The number of carbonyl (C=O) groups excluding carboxylic acids is 1. The molecule has 0 aromatic carbocycles. The summed E-state index contributed by atoms with van der Waals surface area (Å²) in [7, 11) is 4.04. The lowest BCUT2D eigenvalue weighted by Crippen LogP contribution is -2.36. The summed E-state index contributed by atoms with van der Waals surface area (Å²) in [5.41, 5.74) is 3.21. The Kier molecular flexibility index (Phi) is 6.15. The number of aromatic amines is 1. The fourth-order valence-corrected chi connectivity index (χ4v) is 2.89. The molecule has 5 nitrogen and oxygen atoms in total. The molecule has 120 valence electrons. The molecule has 0 saturated heterocycles. The molecule has 0 unspecified atom stereocenters. The van der Waals surface area contributed by atoms with Crippen molar-refractivity contribution in [1.29, 1.82) is 0 Å². The van der Waals surface area contributed by atoms with E-state index in [0.717, 1.165) is 30.9 Å². The van der Waals surface area contributed by atoms with Gasteiger partial charge < -0.3 is 14.8 Å². The van der Waals surface area contributed by atoms with E-state index in [1.807, 2.05) is 25.9 Å². The van der Waals surface area contributed by atoms with Gasteiger partial charge in [0.15, 0.2) is 0 Å². The van der Waals surface area contributed by atoms with Crippen molar-refractivity contribution in [2.75, 3.05) is 27.2 Å². The van der Waals surface area contributed by atoms with E-state index in [-0.39, 0.29) is 5.91 Å². The summed E-state index contributed by atoms with van der Waals surface area (Å²) in [4.78, 5) is 24.0. The quantitative estimate of drug-likeness (QED) is 0.812. The molecule has 0 aliphatic heterocycles. The van der Waals surface area contributed by atoms with E-state index in [1.54, 1.807) is 17.7 Å². The molecule has 2 heterocycles. The van der Waals surface area contributed by atoms with Gasteiger partial charge in [-0.05, 0) is 49.8 Å². The molecule has 0 saturated carbocycles. The van der Waals surface area contributed by atoms with E-state index < -0.39 is 0 Å². The number of nitrogens with zero attached hydrogens (tertiary/aromatic N) is 3. The predicted molar refractivity (Wildman–Crippen MR) is 89.9 cm³/mol. The van der Waals surface area contributed by atoms with Crippen LogP contribution in [0.1, 0.15) is 23.4 Å². The number of amides is 1. The van der Waals surface area contributed by atoms with Crippen LogP contribution in [-0.4, -0.2) is 52.9 Å². The Morgan fingerprint density at radius 2 is 2.18 bits per heavy atom. The summed E-state index contributed by atoms with van der Waals surface area (Å²) < 4.78 is 0. The van der Waals surface area contributed by atoms with Gasteiger partial charge in [-0.2, -0.15) is 11.3 Å². The van der Waals surface area contributed by atoms with Crippen LogP contribution >= 0.6 is 11.3 Å². The molecule has 0 fully saturated rings. The van der Waals surface area contributed by atoms with E-state index in [2.05, 4.69) is 31.7 Å². The lowest BCUT2D eigenvalue weighted by molar-refractivity contribution is -0.132. The van der Waals surface area contributed by atoms with Crippen LogP contribution in [0.2, 0.25) is 0 Å². The summed E-state index contributed by atoms with van der Waals surface area (Å²) in [5, 5.41) is 4.16. The molecule has 0 spiro atoms. The number of hydrogen-bond acceptors (Lipinski definition) is 4. The third-order valence-corrected chi connectivity index (χ3v) is 4.38. The number of nitrogens with one attached hydrogen (secondary N) is 1. The first-order chi connectivity index (χ1) is 10.6. The maximum Gasteiger partial charge on any atom is 0.223 e. The zero-order valence-electron chi connectivity index (χ0n) is 13.5. The van der Waals surface area contributed by atoms with Crippen LogP contribution in [0, 0.1) is 6.92 Å². The van der Waals surface area contributed by atoms with Gasteiger partial charge in [0.05, 0.1) is 18.6 Å². The highest BCUT2D eigenvalue weighted by atomic mass is 32.1. The summed E-state index contributed by atoms with van der Waals surface area (Å²) in [6.07, 6.45) is 3.04. The minimum Gasteiger partial charge on any atom is -0.348 e. The Morgan fingerprint density at radius 3 is 2.77 bits per heavy atom. The number of H-pyrrole nitrogens is 1. The molecule has 22 heavy (non-hydrogen) atoms. The Balaban J connectivity index is 1.96. The number of rotatable bonds is 8. The van der Waals surface area contributed by atoms with Crippen LogP contribution in [0.4, 0.5) is 0 Å². The van der Waals surface area contributed by atoms with Crippen LogP contribution in [0.3, 0.4) is 0 Å². The van der Waals surface area contributed by atoms with Gasteiger partial charge in [-0.15, -0.1) is 0 Å². The van der Waals surface area contributed by atoms with Crippen molar-refractivity contribution in [3.63, 3.8) is 0 Å². The van der Waals surface area contributed by atoms with Gasteiger partial charge in [-0.3, -0.25) is 4.79 Å². The zero-order valence-corrected chi connectivity index (χ0v) is 14.3. The normalized spacial score (nSPS) is 11.1. The molecule has 0 bridgehead atoms. The summed E-state index contributed by atoms with van der Waals surface area (Å²) >= 11 is 1.67. The average molecular weight is 320 g/mol. The van der Waals surface area contributed by atoms with E-state index in [1.165, 1.54) is 5.56 Å². The molecule has 0 aliphatic carbocycles. The third-order valence-electron chi connectivity index (χ3n) is 3.65. The van der Waals surface area contributed by atoms with Crippen LogP contribution in [-0.2, 0) is 17.8 Å². The van der Waals surface area contributed by atoms with Crippen LogP contribution < -0.4 is 0 Å². The molecular weight excluding hydrogens is 296 g/mol. The SMILES string of the molecule is Cc1[nH]cnc1CN(CCN(C)C)C(=O)CCc1ccsc1. The van der Waals surface area contributed by atoms with Crippen molar-refractivity contribution in [2.45, 2.75) is 26.3 Å². The number of aryl methyl sites for hydroxylation is 2. The molecule has 0 radical (unpaired) electrons.